The molecule has 0 radical (unpaired) electrons. The minimum Gasteiger partial charge on any atom is -0.414 e. The fourth-order valence-electron chi connectivity index (χ4n) is 3.86. The predicted octanol–water partition coefficient (Wildman–Crippen LogP) is 5.87. The summed E-state index contributed by atoms with van der Waals surface area (Å²) in [5, 5.41) is 14.6. The highest BCUT2D eigenvalue weighted by molar-refractivity contribution is 6.74. The number of imidazole rings is 1. The Morgan fingerprint density at radius 1 is 1.02 bits per heavy atom. The van der Waals surface area contributed by atoms with Crippen molar-refractivity contribution in [3.8, 4) is 0 Å². The largest absolute Gasteiger partial charge is 0.414 e. The van der Waals surface area contributed by atoms with Crippen molar-refractivity contribution in [2.45, 2.75) is 130 Å². The molecule has 2 aromatic heterocycles. The second-order valence-corrected chi connectivity index (χ2v) is 25.0. The Balaban J connectivity index is 2.05. The minimum atomic E-state index is -2.33. The molecule has 1 fully saturated rings. The summed E-state index contributed by atoms with van der Waals surface area (Å²) in [6.07, 6.45) is 0.646. The van der Waals surface area contributed by atoms with Crippen LogP contribution in [0.2, 0.25) is 36.3 Å². The maximum atomic E-state index is 12.7. The minimum absolute atomic E-state index is 0.00865. The summed E-state index contributed by atoms with van der Waals surface area (Å²) < 4.78 is 21.9. The monoisotopic (exact) mass is 593 g/mol. The van der Waals surface area contributed by atoms with E-state index in [4.69, 9.17) is 13.6 Å². The van der Waals surface area contributed by atoms with E-state index in [0.29, 0.717) is 17.0 Å². The third-order valence-electron chi connectivity index (χ3n) is 8.92. The maximum absolute atomic E-state index is 12.7. The first kappa shape index (κ1) is 32.8. The van der Waals surface area contributed by atoms with E-state index in [1.165, 1.54) is 6.33 Å². The van der Waals surface area contributed by atoms with Gasteiger partial charge in [0.05, 0.1) is 12.9 Å². The van der Waals surface area contributed by atoms with Gasteiger partial charge in [0.2, 0.25) is 5.91 Å². The molecule has 0 aliphatic carbocycles. The summed E-state index contributed by atoms with van der Waals surface area (Å²) in [6, 6.07) is 0. The molecular formula is C28H51N5O5Si2. The van der Waals surface area contributed by atoms with E-state index in [9.17, 15) is 9.90 Å². The molecule has 2 aromatic rings. The van der Waals surface area contributed by atoms with Crippen LogP contribution >= 0.6 is 0 Å². The zero-order valence-electron chi connectivity index (χ0n) is 27.0. The summed E-state index contributed by atoms with van der Waals surface area (Å²) in [4.78, 5) is 26.0. The first-order valence-corrected chi connectivity index (χ1v) is 19.9. The summed E-state index contributed by atoms with van der Waals surface area (Å²) in [5.74, 6) is 0.150. The summed E-state index contributed by atoms with van der Waals surface area (Å²) in [6.45, 7) is 29.4. The van der Waals surface area contributed by atoms with Crippen LogP contribution in [-0.4, -0.2) is 71.6 Å². The number of aliphatic hydroxyl groups excluding tert-OH is 1. The Hall–Kier alpha value is -1.71. The van der Waals surface area contributed by atoms with Gasteiger partial charge in [0.15, 0.2) is 39.8 Å². The molecule has 0 unspecified atom stereocenters. The van der Waals surface area contributed by atoms with E-state index < -0.39 is 46.1 Å². The van der Waals surface area contributed by atoms with Crippen LogP contribution in [0.15, 0.2) is 12.7 Å². The molecule has 40 heavy (non-hydrogen) atoms. The molecule has 2 N–H and O–H groups in total. The van der Waals surface area contributed by atoms with Crippen molar-refractivity contribution < 1.29 is 23.5 Å². The topological polar surface area (TPSA) is 121 Å². The summed E-state index contributed by atoms with van der Waals surface area (Å²) in [7, 11) is -4.46. The Labute approximate surface area is 241 Å². The summed E-state index contributed by atoms with van der Waals surface area (Å²) >= 11 is 0. The van der Waals surface area contributed by atoms with Gasteiger partial charge in [-0.1, -0.05) is 62.3 Å². The number of amides is 1. The SMILES string of the molecule is CC(C)(C)C(=O)Nc1ncnc2c1ncn2[C@@H]1O[C@@](C)(CO[Si](C)(C)C(C)(C)C)[C@H](O)[C@H]1O[Si](C)(C)C(C)(C)C. The second kappa shape index (κ2) is 10.5. The van der Waals surface area contributed by atoms with Gasteiger partial charge >= 0.3 is 0 Å². The molecule has 1 aliphatic rings. The number of carbonyl (C=O) groups is 1. The highest BCUT2D eigenvalue weighted by Gasteiger charge is 2.57. The van der Waals surface area contributed by atoms with E-state index >= 15 is 0 Å². The number of nitrogens with zero attached hydrogens (tertiary/aromatic N) is 4. The lowest BCUT2D eigenvalue weighted by molar-refractivity contribution is -0.123. The van der Waals surface area contributed by atoms with Crippen LogP contribution < -0.4 is 5.32 Å². The smallest absolute Gasteiger partial charge is 0.230 e. The Morgan fingerprint density at radius 2 is 1.60 bits per heavy atom. The zero-order valence-corrected chi connectivity index (χ0v) is 29.0. The fraction of sp³-hybridized carbons (Fsp3) is 0.786. The maximum Gasteiger partial charge on any atom is 0.230 e. The van der Waals surface area contributed by atoms with Crippen molar-refractivity contribution in [1.29, 1.82) is 0 Å². The molecule has 1 saturated heterocycles. The van der Waals surface area contributed by atoms with Gasteiger partial charge in [-0.25, -0.2) is 15.0 Å². The number of hydrogen-bond donors (Lipinski definition) is 2. The molecule has 10 nitrogen and oxygen atoms in total. The van der Waals surface area contributed by atoms with Crippen LogP contribution in [0.3, 0.4) is 0 Å². The van der Waals surface area contributed by atoms with Crippen LogP contribution in [0.25, 0.3) is 11.2 Å². The van der Waals surface area contributed by atoms with Crippen LogP contribution in [0.4, 0.5) is 5.82 Å². The average Bonchev–Trinajstić information content (AvgIpc) is 3.31. The highest BCUT2D eigenvalue weighted by Crippen LogP contribution is 2.46. The van der Waals surface area contributed by atoms with Gasteiger partial charge in [-0.15, -0.1) is 0 Å². The van der Waals surface area contributed by atoms with E-state index in [0.717, 1.165) is 0 Å². The molecule has 0 bridgehead atoms. The Morgan fingerprint density at radius 3 is 2.12 bits per heavy atom. The zero-order chi connectivity index (χ0) is 30.7. The van der Waals surface area contributed by atoms with Gasteiger partial charge in [0.1, 0.15) is 24.1 Å². The predicted molar refractivity (Wildman–Crippen MR) is 163 cm³/mol. The average molecular weight is 594 g/mol. The number of anilines is 1. The Kier molecular flexibility index (Phi) is 8.64. The van der Waals surface area contributed by atoms with Crippen LogP contribution in [-0.2, 0) is 18.4 Å². The highest BCUT2D eigenvalue weighted by atomic mass is 28.4. The number of fused-ring (bicyclic) bond motifs is 1. The molecule has 0 saturated carbocycles. The molecule has 12 heteroatoms. The van der Waals surface area contributed by atoms with Crippen LogP contribution in [0, 0.1) is 5.41 Å². The van der Waals surface area contributed by atoms with Gasteiger partial charge < -0.3 is 24.0 Å². The van der Waals surface area contributed by atoms with Crippen molar-refractivity contribution in [1.82, 2.24) is 19.5 Å². The number of aromatic nitrogens is 4. The molecule has 0 aromatic carbocycles. The quantitative estimate of drug-likeness (QED) is 0.382. The first-order valence-electron chi connectivity index (χ1n) is 14.1. The molecular weight excluding hydrogens is 543 g/mol. The number of ether oxygens (including phenoxy) is 1. The molecule has 1 aliphatic heterocycles. The van der Waals surface area contributed by atoms with Crippen molar-refractivity contribution in [3.05, 3.63) is 12.7 Å². The lowest BCUT2D eigenvalue weighted by atomic mass is 9.96. The molecule has 226 valence electrons. The van der Waals surface area contributed by atoms with Gasteiger partial charge in [0.25, 0.3) is 0 Å². The molecule has 3 rings (SSSR count). The fourth-order valence-corrected chi connectivity index (χ4v) is 6.21. The van der Waals surface area contributed by atoms with Gasteiger partial charge in [0, 0.05) is 5.41 Å². The number of rotatable bonds is 7. The lowest BCUT2D eigenvalue weighted by Crippen LogP contribution is -2.52. The normalized spacial score (nSPS) is 25.0. The summed E-state index contributed by atoms with van der Waals surface area (Å²) in [5.41, 5.74) is -0.711. The van der Waals surface area contributed by atoms with Crippen molar-refractivity contribution in [2.75, 3.05) is 11.9 Å². The molecule has 1 amide bonds. The third-order valence-corrected chi connectivity index (χ3v) is 17.9. The third kappa shape index (κ3) is 6.36. The van der Waals surface area contributed by atoms with Crippen molar-refractivity contribution in [2.24, 2.45) is 5.41 Å². The molecule has 0 spiro atoms. The van der Waals surface area contributed by atoms with Crippen molar-refractivity contribution in [3.63, 3.8) is 0 Å². The molecule has 3 heterocycles. The standard InChI is InChI=1S/C28H51N5O5Si2/c1-25(2,3)24(35)32-21-18-22(30-16-29-21)33(17-31-18)23-19(38-40(13,14)27(7,8)9)20(34)28(10,37-23)15-36-39(11,12)26(4,5)6/h16-17,19-20,23,34H,15H2,1-14H3,(H,29,30,32,35)/t19-,20-,23-,28+/m1/s1. The van der Waals surface area contributed by atoms with E-state index in [2.05, 4.69) is 88.0 Å². The van der Waals surface area contributed by atoms with Gasteiger partial charge in [-0.05, 0) is 43.2 Å². The second-order valence-electron chi connectivity index (χ2n) is 15.4. The number of aliphatic hydroxyl groups is 1. The van der Waals surface area contributed by atoms with Gasteiger partial charge in [-0.2, -0.15) is 0 Å². The van der Waals surface area contributed by atoms with Crippen LogP contribution in [0.1, 0.15) is 75.5 Å². The number of carbonyl (C=O) groups excluding carboxylic acids is 1. The Bertz CT molecular complexity index is 1230. The van der Waals surface area contributed by atoms with E-state index in [1.807, 2.05) is 27.7 Å². The number of nitrogens with one attached hydrogen (secondary N) is 1. The lowest BCUT2D eigenvalue weighted by Gasteiger charge is -2.41. The van der Waals surface area contributed by atoms with E-state index in [1.54, 1.807) is 10.9 Å². The van der Waals surface area contributed by atoms with Crippen molar-refractivity contribution >= 4 is 39.5 Å². The number of hydrogen-bond acceptors (Lipinski definition) is 8. The first-order chi connectivity index (χ1) is 17.9. The van der Waals surface area contributed by atoms with E-state index in [-0.39, 0.29) is 22.6 Å². The van der Waals surface area contributed by atoms with Gasteiger partial charge in [-0.3, -0.25) is 9.36 Å². The van der Waals surface area contributed by atoms with Crippen LogP contribution in [0.5, 0.6) is 0 Å². The molecule has 4 atom stereocenters.